The minimum absolute atomic E-state index is 0.00641. The summed E-state index contributed by atoms with van der Waals surface area (Å²) in [6.45, 7) is 7.28. The van der Waals surface area contributed by atoms with Crippen molar-refractivity contribution in [1.29, 1.82) is 0 Å². The number of carbonyl (C=O) groups is 2. The minimum atomic E-state index is -1.06. The first-order valence-electron chi connectivity index (χ1n) is 9.33. The molecule has 7 nitrogen and oxygen atoms in total. The van der Waals surface area contributed by atoms with Crippen molar-refractivity contribution in [3.8, 4) is 5.75 Å². The summed E-state index contributed by atoms with van der Waals surface area (Å²) in [6, 6.07) is 2.69. The van der Waals surface area contributed by atoms with E-state index in [0.717, 1.165) is 16.5 Å². The van der Waals surface area contributed by atoms with Crippen LogP contribution in [-0.4, -0.2) is 30.1 Å². The van der Waals surface area contributed by atoms with Gasteiger partial charge in [-0.15, -0.1) is 0 Å². The van der Waals surface area contributed by atoms with Gasteiger partial charge in [-0.25, -0.2) is 9.59 Å². The monoisotopic (exact) mass is 389 g/mol. The van der Waals surface area contributed by atoms with Crippen LogP contribution in [0.25, 0.3) is 11.0 Å². The zero-order chi connectivity index (χ0) is 21.0. The number of nitrogens with one attached hydrogen (secondary N) is 1. The second-order valence-corrected chi connectivity index (χ2v) is 7.03. The third-order valence-corrected chi connectivity index (χ3v) is 5.27. The van der Waals surface area contributed by atoms with Crippen molar-refractivity contribution in [2.45, 2.75) is 53.0 Å². The van der Waals surface area contributed by atoms with Crippen molar-refractivity contribution in [2.75, 3.05) is 7.11 Å². The highest BCUT2D eigenvalue weighted by Crippen LogP contribution is 2.29. The Balaban J connectivity index is 2.24. The lowest BCUT2D eigenvalue weighted by Gasteiger charge is -2.20. The van der Waals surface area contributed by atoms with Gasteiger partial charge in [0, 0.05) is 22.9 Å². The van der Waals surface area contributed by atoms with Gasteiger partial charge in [0.2, 0.25) is 5.91 Å². The maximum atomic E-state index is 12.5. The Bertz CT molecular complexity index is 946. The summed E-state index contributed by atoms with van der Waals surface area (Å²) < 4.78 is 10.8. The number of methoxy groups -OCH3 is 1. The normalized spacial score (nSPS) is 13.2. The molecule has 2 N–H and O–H groups in total. The van der Waals surface area contributed by atoms with E-state index in [1.54, 1.807) is 14.0 Å². The number of carbonyl (C=O) groups excluding carboxylic acids is 1. The van der Waals surface area contributed by atoms with Crippen LogP contribution in [0.15, 0.2) is 21.3 Å². The van der Waals surface area contributed by atoms with Crippen LogP contribution in [0.4, 0.5) is 0 Å². The molecule has 0 radical (unpaired) electrons. The van der Waals surface area contributed by atoms with Crippen LogP contribution in [0.2, 0.25) is 0 Å². The zero-order valence-electron chi connectivity index (χ0n) is 16.9. The first-order valence-corrected chi connectivity index (χ1v) is 9.33. The van der Waals surface area contributed by atoms with Crippen molar-refractivity contribution in [3.05, 3.63) is 39.2 Å². The molecule has 0 saturated heterocycles. The molecule has 1 amide bonds. The molecule has 7 heteroatoms. The van der Waals surface area contributed by atoms with Crippen LogP contribution in [0, 0.1) is 19.8 Å². The lowest BCUT2D eigenvalue weighted by atomic mass is 9.98. The lowest BCUT2D eigenvalue weighted by molar-refractivity contribution is -0.143. The van der Waals surface area contributed by atoms with Crippen molar-refractivity contribution in [3.63, 3.8) is 0 Å². The van der Waals surface area contributed by atoms with Crippen LogP contribution in [0.3, 0.4) is 0 Å². The van der Waals surface area contributed by atoms with Crippen LogP contribution < -0.4 is 15.7 Å². The molecule has 0 fully saturated rings. The molecule has 1 aromatic heterocycles. The third kappa shape index (κ3) is 4.35. The first kappa shape index (κ1) is 21.5. The number of carboxylic acids is 1. The molecule has 2 atom stereocenters. The van der Waals surface area contributed by atoms with E-state index in [-0.39, 0.29) is 18.8 Å². The second-order valence-electron chi connectivity index (χ2n) is 7.03. The average Bonchev–Trinajstić information content (AvgIpc) is 2.66. The summed E-state index contributed by atoms with van der Waals surface area (Å²) >= 11 is 0. The fourth-order valence-corrected chi connectivity index (χ4v) is 3.25. The Labute approximate surface area is 163 Å². The predicted molar refractivity (Wildman–Crippen MR) is 106 cm³/mol. The fraction of sp³-hybridized carbons (Fsp3) is 0.476. The number of carboxylic acid groups (broad SMARTS) is 1. The van der Waals surface area contributed by atoms with E-state index in [2.05, 4.69) is 5.32 Å². The Hall–Kier alpha value is -2.83. The van der Waals surface area contributed by atoms with E-state index in [1.165, 1.54) is 0 Å². The number of amides is 1. The molecule has 0 aliphatic rings. The molecule has 0 aliphatic carbocycles. The van der Waals surface area contributed by atoms with Crippen molar-refractivity contribution in [1.82, 2.24) is 5.32 Å². The largest absolute Gasteiger partial charge is 0.496 e. The Morgan fingerprint density at radius 3 is 2.50 bits per heavy atom. The number of aliphatic carboxylic acids is 1. The van der Waals surface area contributed by atoms with E-state index in [0.29, 0.717) is 23.3 Å². The Morgan fingerprint density at radius 1 is 1.25 bits per heavy atom. The van der Waals surface area contributed by atoms with Gasteiger partial charge in [0.15, 0.2) is 0 Å². The molecular weight excluding hydrogens is 362 g/mol. The Morgan fingerprint density at radius 2 is 1.93 bits per heavy atom. The smallest absolute Gasteiger partial charge is 0.339 e. The number of benzene rings is 1. The molecular formula is C21H27NO6. The number of ether oxygens (including phenoxy) is 1. The number of hydrogen-bond acceptors (Lipinski definition) is 5. The highest BCUT2D eigenvalue weighted by molar-refractivity contribution is 5.86. The van der Waals surface area contributed by atoms with E-state index in [4.69, 9.17) is 9.15 Å². The van der Waals surface area contributed by atoms with Gasteiger partial charge in [-0.1, -0.05) is 20.3 Å². The van der Waals surface area contributed by atoms with Gasteiger partial charge in [-0.2, -0.15) is 0 Å². The fourth-order valence-electron chi connectivity index (χ4n) is 3.25. The summed E-state index contributed by atoms with van der Waals surface area (Å²) in [5, 5.41) is 12.6. The van der Waals surface area contributed by atoms with E-state index in [9.17, 15) is 19.5 Å². The quantitative estimate of drug-likeness (QED) is 0.673. The summed E-state index contributed by atoms with van der Waals surface area (Å²) in [6.07, 6.45) is 0.813. The van der Waals surface area contributed by atoms with Crippen LogP contribution >= 0.6 is 0 Å². The zero-order valence-corrected chi connectivity index (χ0v) is 16.9. The third-order valence-electron chi connectivity index (χ3n) is 5.27. The van der Waals surface area contributed by atoms with Gasteiger partial charge in [0.1, 0.15) is 17.4 Å². The molecule has 2 aromatic rings. The van der Waals surface area contributed by atoms with Crippen molar-refractivity contribution >= 4 is 22.8 Å². The topological polar surface area (TPSA) is 106 Å². The molecule has 1 heterocycles. The van der Waals surface area contributed by atoms with Crippen LogP contribution in [-0.2, 0) is 16.0 Å². The molecule has 0 bridgehead atoms. The van der Waals surface area contributed by atoms with Crippen molar-refractivity contribution < 1.29 is 23.8 Å². The maximum Gasteiger partial charge on any atom is 0.339 e. The molecule has 28 heavy (non-hydrogen) atoms. The van der Waals surface area contributed by atoms with Crippen LogP contribution in [0.5, 0.6) is 5.75 Å². The molecule has 0 aliphatic heterocycles. The highest BCUT2D eigenvalue weighted by Gasteiger charge is 2.25. The number of aryl methyl sites for hydroxylation is 2. The van der Waals surface area contributed by atoms with E-state index in [1.807, 2.05) is 32.9 Å². The Kier molecular flexibility index (Phi) is 6.83. The molecule has 1 aromatic carbocycles. The van der Waals surface area contributed by atoms with Gasteiger partial charge >= 0.3 is 11.6 Å². The van der Waals surface area contributed by atoms with E-state index >= 15 is 0 Å². The summed E-state index contributed by atoms with van der Waals surface area (Å²) in [5.41, 5.74) is 1.88. The molecule has 2 rings (SSSR count). The molecule has 0 saturated carbocycles. The summed E-state index contributed by atoms with van der Waals surface area (Å²) in [5.74, 6) is -1.02. The lowest BCUT2D eigenvalue weighted by Crippen LogP contribution is -2.45. The van der Waals surface area contributed by atoms with Crippen LogP contribution in [0.1, 0.15) is 43.4 Å². The molecule has 152 valence electrons. The number of rotatable bonds is 8. The van der Waals surface area contributed by atoms with Gasteiger partial charge in [0.25, 0.3) is 0 Å². The standard InChI is InChI=1S/C21H27NO6/c1-6-11(2)18(20(24)25)22-17(23)10-8-15-12(3)14-7-9-16(27-5)13(4)19(14)28-21(15)26/h7,9,11,18H,6,8,10H2,1-5H3,(H,22,23)(H,24,25)/t11-,18-/m0/s1. The second kappa shape index (κ2) is 8.91. The van der Waals surface area contributed by atoms with Gasteiger partial charge in [-0.3, -0.25) is 4.79 Å². The summed E-state index contributed by atoms with van der Waals surface area (Å²) in [4.78, 5) is 36.1. The number of hydrogen-bond donors (Lipinski definition) is 2. The summed E-state index contributed by atoms with van der Waals surface area (Å²) in [7, 11) is 1.55. The van der Waals surface area contributed by atoms with Gasteiger partial charge in [-0.05, 0) is 43.9 Å². The molecule has 0 spiro atoms. The first-order chi connectivity index (χ1) is 13.2. The predicted octanol–water partition coefficient (Wildman–Crippen LogP) is 2.97. The highest BCUT2D eigenvalue weighted by atomic mass is 16.5. The van der Waals surface area contributed by atoms with Crippen molar-refractivity contribution in [2.24, 2.45) is 5.92 Å². The average molecular weight is 389 g/mol. The van der Waals surface area contributed by atoms with Gasteiger partial charge < -0.3 is 19.6 Å². The van der Waals surface area contributed by atoms with E-state index < -0.39 is 23.5 Å². The minimum Gasteiger partial charge on any atom is -0.496 e. The number of fused-ring (bicyclic) bond motifs is 1. The SMILES string of the molecule is CC[C@H](C)[C@H](NC(=O)CCc1c(C)c2ccc(OC)c(C)c2oc1=O)C(=O)O. The maximum absolute atomic E-state index is 12.5. The van der Waals surface area contributed by atoms with Gasteiger partial charge in [0.05, 0.1) is 7.11 Å². The molecule has 0 unspecified atom stereocenters.